The van der Waals surface area contributed by atoms with Crippen LogP contribution in [0.1, 0.15) is 10.4 Å². The Morgan fingerprint density at radius 2 is 1.88 bits per heavy atom. The monoisotopic (exact) mass is 245 g/mol. The van der Waals surface area contributed by atoms with Gasteiger partial charge in [0.1, 0.15) is 5.75 Å². The summed E-state index contributed by atoms with van der Waals surface area (Å²) in [6, 6.07) is 10.9. The van der Waals surface area contributed by atoms with E-state index in [1.54, 1.807) is 35.1 Å². The van der Waals surface area contributed by atoms with Crippen LogP contribution in [0.15, 0.2) is 53.3 Å². The molecular formula is C13H11NO2S. The molecule has 1 aromatic rings. The lowest BCUT2D eigenvalue weighted by Crippen LogP contribution is -2.09. The number of hydrogen-bond acceptors (Lipinski definition) is 3. The summed E-state index contributed by atoms with van der Waals surface area (Å²) < 4.78 is 5.47. The molecule has 4 heteroatoms. The van der Waals surface area contributed by atoms with Crippen LogP contribution in [0.25, 0.3) is 0 Å². The number of carbonyl (C=O) groups is 1. The Hall–Kier alpha value is -1.99. The summed E-state index contributed by atoms with van der Waals surface area (Å²) in [5.41, 5.74) is 0.506. The highest BCUT2D eigenvalue weighted by Gasteiger charge is 2.25. The Balaban J connectivity index is 2.16. The van der Waals surface area contributed by atoms with Gasteiger partial charge < -0.3 is 4.18 Å². The van der Waals surface area contributed by atoms with Crippen molar-refractivity contribution >= 4 is 16.3 Å². The van der Waals surface area contributed by atoms with Gasteiger partial charge in [-0.05, 0) is 33.3 Å². The quantitative estimate of drug-likeness (QED) is 0.822. The Morgan fingerprint density at radius 3 is 2.47 bits per heavy atom. The number of carbonyl (C=O) groups excluding carboxylic acids is 1. The number of hydrogen-bond donors (Lipinski definition) is 0. The van der Waals surface area contributed by atoms with Crippen molar-refractivity contribution < 1.29 is 8.98 Å². The highest BCUT2D eigenvalue weighted by Crippen LogP contribution is 2.54. The summed E-state index contributed by atoms with van der Waals surface area (Å²) in [5.74, 6) is -0.175. The van der Waals surface area contributed by atoms with Gasteiger partial charge in [-0.2, -0.15) is 5.26 Å². The van der Waals surface area contributed by atoms with E-state index < -0.39 is 10.3 Å². The third kappa shape index (κ3) is 2.58. The van der Waals surface area contributed by atoms with Gasteiger partial charge in [-0.15, -0.1) is 0 Å². The van der Waals surface area contributed by atoms with Crippen molar-refractivity contribution in [3.8, 4) is 6.07 Å². The van der Waals surface area contributed by atoms with Crippen molar-refractivity contribution in [2.75, 3.05) is 5.75 Å². The normalized spacial score (nSPS) is 17.4. The van der Waals surface area contributed by atoms with E-state index in [0.29, 0.717) is 5.56 Å². The second kappa shape index (κ2) is 4.89. The maximum absolute atomic E-state index is 11.9. The molecule has 0 amide bonds. The minimum absolute atomic E-state index is 0.207. The van der Waals surface area contributed by atoms with Crippen molar-refractivity contribution in [1.82, 2.24) is 0 Å². The third-order valence-corrected chi connectivity index (χ3v) is 4.54. The molecule has 1 aliphatic rings. The molecule has 3 nitrogen and oxygen atoms in total. The fraction of sp³-hybridized carbons (Fsp3) is 0.0769. The van der Waals surface area contributed by atoms with Crippen LogP contribution in [0.5, 0.6) is 0 Å². The predicted octanol–water partition coefficient (Wildman–Crippen LogP) is 3.13. The summed E-state index contributed by atoms with van der Waals surface area (Å²) in [6.45, 7) is 0. The first kappa shape index (κ1) is 11.5. The smallest absolute Gasteiger partial charge is 0.349 e. The van der Waals surface area contributed by atoms with Crippen molar-refractivity contribution in [3.63, 3.8) is 0 Å². The van der Waals surface area contributed by atoms with Gasteiger partial charge in [0.25, 0.3) is 0 Å². The lowest BCUT2D eigenvalue weighted by molar-refractivity contribution is 0.0762. The molecule has 1 aliphatic heterocycles. The first-order valence-corrected chi connectivity index (χ1v) is 6.93. The molecule has 17 heavy (non-hydrogen) atoms. The average molecular weight is 245 g/mol. The Kier molecular flexibility index (Phi) is 3.31. The molecule has 1 aromatic carbocycles. The summed E-state index contributed by atoms with van der Waals surface area (Å²) in [7, 11) is -1.83. The van der Waals surface area contributed by atoms with Crippen LogP contribution < -0.4 is 0 Å². The molecule has 0 saturated carbocycles. The molecule has 0 radical (unpaired) electrons. The van der Waals surface area contributed by atoms with E-state index in [1.165, 1.54) is 0 Å². The molecule has 2 rings (SSSR count). The molecule has 0 spiro atoms. The lowest BCUT2D eigenvalue weighted by Gasteiger charge is -2.27. The topological polar surface area (TPSA) is 50.1 Å². The maximum atomic E-state index is 11.9. The van der Waals surface area contributed by atoms with Gasteiger partial charge in [-0.25, -0.2) is 4.79 Å². The molecule has 0 unspecified atom stereocenters. The molecule has 0 saturated heterocycles. The summed E-state index contributed by atoms with van der Waals surface area (Å²) in [4.78, 5) is 11.9. The highest BCUT2D eigenvalue weighted by atomic mass is 32.3. The van der Waals surface area contributed by atoms with E-state index in [1.807, 2.05) is 18.2 Å². The van der Waals surface area contributed by atoms with Crippen molar-refractivity contribution in [2.45, 2.75) is 0 Å². The molecule has 0 aliphatic carbocycles. The fourth-order valence-electron chi connectivity index (χ4n) is 1.45. The van der Waals surface area contributed by atoms with E-state index in [9.17, 15) is 4.79 Å². The van der Waals surface area contributed by atoms with Crippen LogP contribution >= 0.6 is 10.3 Å². The SMILES string of the molecule is N#CCS1(OC(=O)c2ccccc2)C=CC=C1. The Morgan fingerprint density at radius 1 is 1.24 bits per heavy atom. The van der Waals surface area contributed by atoms with E-state index in [-0.39, 0.29) is 11.7 Å². The molecule has 86 valence electrons. The van der Waals surface area contributed by atoms with E-state index in [4.69, 9.17) is 9.44 Å². The number of benzene rings is 1. The van der Waals surface area contributed by atoms with Crippen LogP contribution in [0.4, 0.5) is 0 Å². The van der Waals surface area contributed by atoms with Crippen molar-refractivity contribution in [2.24, 2.45) is 0 Å². The van der Waals surface area contributed by atoms with Crippen LogP contribution in [0, 0.1) is 11.3 Å². The Labute approximate surface area is 102 Å². The first-order chi connectivity index (χ1) is 8.26. The van der Waals surface area contributed by atoms with Gasteiger partial charge in [0, 0.05) is 0 Å². The second-order valence-electron chi connectivity index (χ2n) is 3.48. The standard InChI is InChI=1S/C13H11NO2S/c14-8-11-17(9-4-5-10-17)16-13(15)12-6-2-1-3-7-12/h1-7,9-10H,11H2. The number of nitriles is 1. The second-order valence-corrected chi connectivity index (χ2v) is 6.04. The molecule has 0 fully saturated rings. The molecule has 0 bridgehead atoms. The zero-order valence-corrected chi connectivity index (χ0v) is 9.89. The minimum atomic E-state index is -1.83. The number of rotatable bonds is 3. The fourth-order valence-corrected chi connectivity index (χ4v) is 3.19. The van der Waals surface area contributed by atoms with E-state index >= 15 is 0 Å². The van der Waals surface area contributed by atoms with E-state index in [0.717, 1.165) is 0 Å². The zero-order valence-electron chi connectivity index (χ0n) is 9.08. The predicted molar refractivity (Wildman–Crippen MR) is 68.2 cm³/mol. The van der Waals surface area contributed by atoms with Gasteiger partial charge >= 0.3 is 5.97 Å². The molecule has 0 atom stereocenters. The largest absolute Gasteiger partial charge is 0.403 e. The van der Waals surface area contributed by atoms with Crippen LogP contribution in [0.3, 0.4) is 0 Å². The van der Waals surface area contributed by atoms with Crippen LogP contribution in [-0.2, 0) is 4.18 Å². The third-order valence-electron chi connectivity index (χ3n) is 2.26. The highest BCUT2D eigenvalue weighted by molar-refractivity contribution is 8.35. The Bertz CT molecular complexity index is 502. The molecule has 0 N–H and O–H groups in total. The van der Waals surface area contributed by atoms with Crippen LogP contribution in [-0.4, -0.2) is 11.7 Å². The van der Waals surface area contributed by atoms with Crippen molar-refractivity contribution in [3.05, 3.63) is 58.9 Å². The minimum Gasteiger partial charge on any atom is -0.403 e. The number of nitrogens with zero attached hydrogens (tertiary/aromatic N) is 1. The molecular weight excluding hydrogens is 234 g/mol. The number of allylic oxidation sites excluding steroid dienone is 2. The van der Waals surface area contributed by atoms with Gasteiger partial charge in [0.2, 0.25) is 0 Å². The molecule has 1 heterocycles. The lowest BCUT2D eigenvalue weighted by atomic mass is 10.2. The summed E-state index contributed by atoms with van der Waals surface area (Å²) >= 11 is 0. The summed E-state index contributed by atoms with van der Waals surface area (Å²) in [5, 5.41) is 12.4. The zero-order chi connectivity index (χ0) is 12.1. The van der Waals surface area contributed by atoms with Gasteiger partial charge in [-0.1, -0.05) is 30.4 Å². The maximum Gasteiger partial charge on any atom is 0.349 e. The first-order valence-electron chi connectivity index (χ1n) is 5.07. The van der Waals surface area contributed by atoms with E-state index in [2.05, 4.69) is 6.07 Å². The van der Waals surface area contributed by atoms with Gasteiger partial charge in [0.05, 0.1) is 11.6 Å². The van der Waals surface area contributed by atoms with Crippen LogP contribution in [0.2, 0.25) is 0 Å². The molecule has 0 aromatic heterocycles. The summed E-state index contributed by atoms with van der Waals surface area (Å²) in [6.07, 6.45) is 3.62. The van der Waals surface area contributed by atoms with Crippen molar-refractivity contribution in [1.29, 1.82) is 5.26 Å². The van der Waals surface area contributed by atoms with Gasteiger partial charge in [-0.3, -0.25) is 0 Å². The van der Waals surface area contributed by atoms with Gasteiger partial charge in [0.15, 0.2) is 0 Å². The average Bonchev–Trinajstić information content (AvgIpc) is 2.79.